The van der Waals surface area contributed by atoms with Crippen LogP contribution in [-0.4, -0.2) is 43.6 Å². The summed E-state index contributed by atoms with van der Waals surface area (Å²) in [6.45, 7) is 5.34. The van der Waals surface area contributed by atoms with Gasteiger partial charge in [-0.2, -0.15) is 5.10 Å². The molecule has 0 radical (unpaired) electrons. The minimum Gasteiger partial charge on any atom is -0.336 e. The number of carbonyl (C=O) groups excluding carboxylic acids is 1. The van der Waals surface area contributed by atoms with Gasteiger partial charge in [0, 0.05) is 31.0 Å². The molecule has 1 fully saturated rings. The normalized spacial score (nSPS) is 18.8. The van der Waals surface area contributed by atoms with Crippen molar-refractivity contribution in [2.75, 3.05) is 13.1 Å². The van der Waals surface area contributed by atoms with Crippen LogP contribution in [0.15, 0.2) is 24.5 Å². The second-order valence-corrected chi connectivity index (χ2v) is 5.43. The van der Waals surface area contributed by atoms with Gasteiger partial charge in [0.25, 0.3) is 5.91 Å². The molecule has 0 spiro atoms. The largest absolute Gasteiger partial charge is 0.336 e. The van der Waals surface area contributed by atoms with E-state index in [2.05, 4.69) is 15.1 Å². The van der Waals surface area contributed by atoms with Crippen molar-refractivity contribution in [1.29, 1.82) is 0 Å². The number of hydrogen-bond donors (Lipinski definition) is 0. The van der Waals surface area contributed by atoms with Gasteiger partial charge in [-0.1, -0.05) is 0 Å². The van der Waals surface area contributed by atoms with Crippen LogP contribution in [0.1, 0.15) is 40.9 Å². The maximum Gasteiger partial charge on any atom is 0.254 e. The molecular weight excluding hydrogens is 266 g/mol. The third kappa shape index (κ3) is 2.79. The molecule has 2 aromatic heterocycles. The number of aryl methyl sites for hydroxylation is 2. The van der Waals surface area contributed by atoms with Crippen molar-refractivity contribution in [3.63, 3.8) is 0 Å². The molecule has 1 amide bonds. The summed E-state index contributed by atoms with van der Waals surface area (Å²) in [5, 5.41) is 4.46. The van der Waals surface area contributed by atoms with Crippen LogP contribution in [0.2, 0.25) is 0 Å². The Morgan fingerprint density at radius 2 is 2.05 bits per heavy atom. The summed E-state index contributed by atoms with van der Waals surface area (Å²) < 4.78 is 1.96. The maximum atomic E-state index is 12.5. The lowest BCUT2D eigenvalue weighted by Crippen LogP contribution is -2.41. The van der Waals surface area contributed by atoms with Crippen molar-refractivity contribution >= 4 is 5.91 Å². The van der Waals surface area contributed by atoms with Crippen molar-refractivity contribution < 1.29 is 4.79 Å². The van der Waals surface area contributed by atoms with Gasteiger partial charge in [-0.15, -0.1) is 0 Å². The minimum absolute atomic E-state index is 0.0663. The van der Waals surface area contributed by atoms with Crippen LogP contribution in [0.25, 0.3) is 0 Å². The van der Waals surface area contributed by atoms with E-state index in [4.69, 9.17) is 0 Å². The van der Waals surface area contributed by atoms with E-state index in [0.717, 1.165) is 31.0 Å². The molecule has 6 nitrogen and oxygen atoms in total. The molecule has 1 aliphatic rings. The molecule has 3 rings (SSSR count). The number of piperidine rings is 1. The zero-order valence-electron chi connectivity index (χ0n) is 12.4. The lowest BCUT2D eigenvalue weighted by Gasteiger charge is -2.33. The molecule has 110 valence electrons. The quantitative estimate of drug-likeness (QED) is 0.843. The molecule has 0 aromatic carbocycles. The third-order valence-corrected chi connectivity index (χ3v) is 3.86. The molecule has 1 saturated heterocycles. The maximum absolute atomic E-state index is 12.5. The minimum atomic E-state index is 0.0663. The zero-order valence-corrected chi connectivity index (χ0v) is 12.4. The van der Waals surface area contributed by atoms with E-state index in [1.165, 1.54) is 0 Å². The third-order valence-electron chi connectivity index (χ3n) is 3.86. The van der Waals surface area contributed by atoms with Crippen molar-refractivity contribution in [3.8, 4) is 0 Å². The summed E-state index contributed by atoms with van der Waals surface area (Å²) in [6, 6.07) is 3.74. The first-order chi connectivity index (χ1) is 10.1. The molecule has 0 bridgehead atoms. The predicted molar refractivity (Wildman–Crippen MR) is 77.9 cm³/mol. The Bertz CT molecular complexity index is 637. The average Bonchev–Trinajstić information content (AvgIpc) is 2.86. The fourth-order valence-corrected chi connectivity index (χ4v) is 2.90. The van der Waals surface area contributed by atoms with Gasteiger partial charge >= 0.3 is 0 Å². The van der Waals surface area contributed by atoms with Crippen LogP contribution in [0.5, 0.6) is 0 Å². The van der Waals surface area contributed by atoms with Crippen LogP contribution >= 0.6 is 0 Å². The second kappa shape index (κ2) is 5.63. The number of nitrogens with zero attached hydrogens (tertiary/aromatic N) is 5. The zero-order chi connectivity index (χ0) is 14.8. The highest BCUT2D eigenvalue weighted by atomic mass is 16.2. The monoisotopic (exact) mass is 285 g/mol. The molecule has 2 aromatic rings. The molecule has 0 N–H and O–H groups in total. The molecule has 0 saturated carbocycles. The van der Waals surface area contributed by atoms with Crippen LogP contribution in [0.3, 0.4) is 0 Å². The van der Waals surface area contributed by atoms with Gasteiger partial charge in [0.2, 0.25) is 0 Å². The van der Waals surface area contributed by atoms with E-state index in [-0.39, 0.29) is 11.9 Å². The number of carbonyl (C=O) groups is 1. The van der Waals surface area contributed by atoms with Gasteiger partial charge in [0.05, 0.1) is 6.04 Å². The van der Waals surface area contributed by atoms with Crippen LogP contribution in [-0.2, 0) is 0 Å². The summed E-state index contributed by atoms with van der Waals surface area (Å²) in [5.74, 6) is 1.76. The molecule has 1 aliphatic heterocycles. The van der Waals surface area contributed by atoms with Crippen molar-refractivity contribution in [1.82, 2.24) is 24.6 Å². The first-order valence-corrected chi connectivity index (χ1v) is 7.24. The van der Waals surface area contributed by atoms with E-state index < -0.39 is 0 Å². The Morgan fingerprint density at radius 3 is 2.71 bits per heavy atom. The number of likely N-dealkylation sites (tertiary alicyclic amines) is 1. The van der Waals surface area contributed by atoms with E-state index in [0.29, 0.717) is 12.1 Å². The number of amides is 1. The Hall–Kier alpha value is -2.24. The van der Waals surface area contributed by atoms with Gasteiger partial charge in [-0.05, 0) is 38.8 Å². The highest BCUT2D eigenvalue weighted by Crippen LogP contribution is 2.23. The van der Waals surface area contributed by atoms with Crippen molar-refractivity contribution in [3.05, 3.63) is 41.7 Å². The van der Waals surface area contributed by atoms with Gasteiger partial charge in [0.15, 0.2) is 0 Å². The van der Waals surface area contributed by atoms with Crippen LogP contribution in [0.4, 0.5) is 0 Å². The van der Waals surface area contributed by atoms with Crippen molar-refractivity contribution in [2.24, 2.45) is 0 Å². The summed E-state index contributed by atoms with van der Waals surface area (Å²) >= 11 is 0. The number of rotatable bonds is 2. The summed E-state index contributed by atoms with van der Waals surface area (Å²) in [4.78, 5) is 22.7. The van der Waals surface area contributed by atoms with Gasteiger partial charge in [0.1, 0.15) is 11.6 Å². The summed E-state index contributed by atoms with van der Waals surface area (Å²) in [7, 11) is 0. The van der Waals surface area contributed by atoms with Gasteiger partial charge < -0.3 is 4.90 Å². The SMILES string of the molecule is Cc1nc(C)n([C@H]2CCCN(C(=O)c3ccncc3)C2)n1. The Kier molecular flexibility index (Phi) is 3.68. The first-order valence-electron chi connectivity index (χ1n) is 7.24. The average molecular weight is 285 g/mol. The summed E-state index contributed by atoms with van der Waals surface area (Å²) in [6.07, 6.45) is 5.32. The Morgan fingerprint density at radius 1 is 1.29 bits per heavy atom. The first kappa shape index (κ1) is 13.7. The van der Waals surface area contributed by atoms with E-state index in [1.54, 1.807) is 24.5 Å². The van der Waals surface area contributed by atoms with Gasteiger partial charge in [-0.25, -0.2) is 9.67 Å². The number of pyridine rings is 1. The van der Waals surface area contributed by atoms with E-state index in [9.17, 15) is 4.79 Å². The molecule has 0 unspecified atom stereocenters. The Balaban J connectivity index is 1.77. The standard InChI is InChI=1S/C15H19N5O/c1-11-17-12(2)20(18-11)14-4-3-9-19(10-14)15(21)13-5-7-16-8-6-13/h5-8,14H,3-4,9-10H2,1-2H3/t14-/m0/s1. The molecule has 1 atom stereocenters. The highest BCUT2D eigenvalue weighted by molar-refractivity contribution is 5.94. The lowest BCUT2D eigenvalue weighted by molar-refractivity contribution is 0.0671. The van der Waals surface area contributed by atoms with E-state index in [1.807, 2.05) is 23.4 Å². The predicted octanol–water partition coefficient (Wildman–Crippen LogP) is 1.77. The van der Waals surface area contributed by atoms with Crippen LogP contribution < -0.4 is 0 Å². The highest BCUT2D eigenvalue weighted by Gasteiger charge is 2.27. The lowest BCUT2D eigenvalue weighted by atomic mass is 10.0. The van der Waals surface area contributed by atoms with Crippen LogP contribution in [0, 0.1) is 13.8 Å². The fourth-order valence-electron chi connectivity index (χ4n) is 2.90. The number of aromatic nitrogens is 4. The molecule has 6 heteroatoms. The van der Waals surface area contributed by atoms with Crippen molar-refractivity contribution in [2.45, 2.75) is 32.7 Å². The summed E-state index contributed by atoms with van der Waals surface area (Å²) in [5.41, 5.74) is 0.692. The molecule has 21 heavy (non-hydrogen) atoms. The molecule has 3 heterocycles. The van der Waals surface area contributed by atoms with Gasteiger partial charge in [-0.3, -0.25) is 9.78 Å². The fraction of sp³-hybridized carbons (Fsp3) is 0.467. The second-order valence-electron chi connectivity index (χ2n) is 5.43. The van der Waals surface area contributed by atoms with E-state index >= 15 is 0 Å². The topological polar surface area (TPSA) is 63.9 Å². The number of hydrogen-bond acceptors (Lipinski definition) is 4. The smallest absolute Gasteiger partial charge is 0.254 e. The molecular formula is C15H19N5O. The Labute approximate surface area is 123 Å². The molecule has 0 aliphatic carbocycles.